The van der Waals surface area contributed by atoms with Gasteiger partial charge in [0.1, 0.15) is 6.07 Å². The Hall–Kier alpha value is -3.20. The Morgan fingerprint density at radius 3 is 2.59 bits per heavy atom. The molecule has 0 saturated carbocycles. The van der Waals surface area contributed by atoms with Crippen LogP contribution in [0.1, 0.15) is 22.4 Å². The second kappa shape index (κ2) is 6.99. The second-order valence-corrected chi connectivity index (χ2v) is 4.62. The molecule has 0 aliphatic rings. The highest BCUT2D eigenvalue weighted by atomic mass is 16.4. The van der Waals surface area contributed by atoms with Crippen molar-refractivity contribution < 1.29 is 15.0 Å². The van der Waals surface area contributed by atoms with Crippen LogP contribution < -0.4 is 0 Å². The molecule has 0 unspecified atom stereocenters. The summed E-state index contributed by atoms with van der Waals surface area (Å²) in [5.74, 6) is -2.14. The molecule has 0 aliphatic heterocycles. The van der Waals surface area contributed by atoms with Gasteiger partial charge < -0.3 is 10.2 Å². The van der Waals surface area contributed by atoms with Gasteiger partial charge in [-0.3, -0.25) is 9.97 Å². The van der Waals surface area contributed by atoms with E-state index in [0.717, 1.165) is 30.0 Å². The maximum absolute atomic E-state index is 10.5. The van der Waals surface area contributed by atoms with Crippen molar-refractivity contribution in [3.8, 4) is 6.07 Å². The van der Waals surface area contributed by atoms with E-state index in [1.165, 1.54) is 6.20 Å². The predicted molar refractivity (Wildman–Crippen MR) is 78.8 cm³/mol. The third kappa shape index (κ3) is 4.15. The Kier molecular flexibility index (Phi) is 4.83. The van der Waals surface area contributed by atoms with Crippen molar-refractivity contribution in [1.29, 1.82) is 5.26 Å². The number of hydrogen-bond acceptors (Lipinski definition) is 5. The third-order valence-electron chi connectivity index (χ3n) is 2.98. The van der Waals surface area contributed by atoms with E-state index in [9.17, 15) is 4.79 Å². The minimum atomic E-state index is -1.39. The molecule has 2 aromatic rings. The zero-order valence-electron chi connectivity index (χ0n) is 11.6. The van der Waals surface area contributed by atoms with Crippen LogP contribution in [0.2, 0.25) is 0 Å². The molecular weight excluding hydrogens is 282 g/mol. The highest BCUT2D eigenvalue weighted by Gasteiger charge is 2.04. The van der Waals surface area contributed by atoms with Gasteiger partial charge >= 0.3 is 5.97 Å². The Morgan fingerprint density at radius 2 is 1.95 bits per heavy atom. The molecule has 0 fully saturated rings. The van der Waals surface area contributed by atoms with Crippen molar-refractivity contribution in [2.75, 3.05) is 0 Å². The Balaban J connectivity index is 2.01. The highest BCUT2D eigenvalue weighted by Crippen LogP contribution is 2.09. The van der Waals surface area contributed by atoms with Gasteiger partial charge in [0.2, 0.25) is 5.76 Å². The largest absolute Gasteiger partial charge is 0.502 e. The molecule has 0 saturated heterocycles. The number of nitriles is 1. The first kappa shape index (κ1) is 15.2. The van der Waals surface area contributed by atoms with E-state index in [-0.39, 0.29) is 0 Å². The number of aliphatic carboxylic acids is 1. The van der Waals surface area contributed by atoms with Gasteiger partial charge in [-0.05, 0) is 36.1 Å². The van der Waals surface area contributed by atoms with Gasteiger partial charge in [-0.1, -0.05) is 6.07 Å². The van der Waals surface area contributed by atoms with Gasteiger partial charge in [0.05, 0.1) is 11.3 Å². The zero-order chi connectivity index (χ0) is 15.9. The number of aliphatic hydroxyl groups is 1. The SMILES string of the molecule is N#Cc1cncc(CCc2ccc(/C=C(\O)C(=O)O)nc2)c1. The molecule has 0 radical (unpaired) electrons. The van der Waals surface area contributed by atoms with E-state index in [0.29, 0.717) is 11.3 Å². The van der Waals surface area contributed by atoms with Crippen molar-refractivity contribution in [3.63, 3.8) is 0 Å². The molecule has 0 spiro atoms. The number of carboxylic acids is 1. The highest BCUT2D eigenvalue weighted by molar-refractivity contribution is 5.88. The van der Waals surface area contributed by atoms with Crippen LogP contribution in [0.25, 0.3) is 6.08 Å². The van der Waals surface area contributed by atoms with Gasteiger partial charge in [-0.15, -0.1) is 0 Å². The first-order valence-corrected chi connectivity index (χ1v) is 6.51. The van der Waals surface area contributed by atoms with Crippen molar-refractivity contribution >= 4 is 12.0 Å². The van der Waals surface area contributed by atoms with Crippen LogP contribution in [0.4, 0.5) is 0 Å². The Labute approximate surface area is 127 Å². The minimum absolute atomic E-state index is 0.372. The molecule has 0 amide bonds. The number of carbonyl (C=O) groups is 1. The smallest absolute Gasteiger partial charge is 0.371 e. The van der Waals surface area contributed by atoms with Crippen LogP contribution in [0.3, 0.4) is 0 Å². The molecule has 2 heterocycles. The maximum Gasteiger partial charge on any atom is 0.371 e. The molecule has 0 bridgehead atoms. The molecule has 0 aromatic carbocycles. The van der Waals surface area contributed by atoms with Crippen LogP contribution in [0.15, 0.2) is 42.5 Å². The lowest BCUT2D eigenvalue weighted by atomic mass is 10.1. The molecule has 110 valence electrons. The molecule has 2 rings (SSSR count). The van der Waals surface area contributed by atoms with Crippen LogP contribution in [-0.2, 0) is 17.6 Å². The monoisotopic (exact) mass is 295 g/mol. The lowest BCUT2D eigenvalue weighted by Crippen LogP contribution is -1.99. The van der Waals surface area contributed by atoms with E-state index in [4.69, 9.17) is 15.5 Å². The molecule has 6 heteroatoms. The first-order chi connectivity index (χ1) is 10.6. The molecule has 6 nitrogen and oxygen atoms in total. The standard InChI is InChI=1S/C16H13N3O3/c17-7-13-5-12(8-18-9-13)2-1-11-3-4-14(19-10-11)6-15(20)16(21)22/h3-6,8-10,20H,1-2H2,(H,21,22)/b15-6-. The fourth-order valence-electron chi connectivity index (χ4n) is 1.85. The maximum atomic E-state index is 10.5. The van der Waals surface area contributed by atoms with Gasteiger partial charge in [0.25, 0.3) is 0 Å². The van der Waals surface area contributed by atoms with Crippen molar-refractivity contribution in [2.45, 2.75) is 12.8 Å². The lowest BCUT2D eigenvalue weighted by Gasteiger charge is -2.02. The minimum Gasteiger partial charge on any atom is -0.502 e. The fourth-order valence-corrected chi connectivity index (χ4v) is 1.85. The number of carboxylic acid groups (broad SMARTS) is 1. The summed E-state index contributed by atoms with van der Waals surface area (Å²) in [6.07, 6.45) is 7.39. The average Bonchev–Trinajstić information content (AvgIpc) is 2.54. The third-order valence-corrected chi connectivity index (χ3v) is 2.98. The van der Waals surface area contributed by atoms with E-state index >= 15 is 0 Å². The Bertz CT molecular complexity index is 746. The number of nitrogens with zero attached hydrogens (tertiary/aromatic N) is 3. The van der Waals surface area contributed by atoms with E-state index in [1.54, 1.807) is 24.5 Å². The summed E-state index contributed by atoms with van der Waals surface area (Å²) in [5.41, 5.74) is 2.83. The van der Waals surface area contributed by atoms with Crippen LogP contribution in [0, 0.1) is 11.3 Å². The zero-order valence-corrected chi connectivity index (χ0v) is 11.6. The molecule has 0 atom stereocenters. The number of aliphatic hydroxyl groups excluding tert-OH is 1. The summed E-state index contributed by atoms with van der Waals surface area (Å²) in [6, 6.07) is 7.29. The first-order valence-electron chi connectivity index (χ1n) is 6.51. The van der Waals surface area contributed by atoms with Gasteiger partial charge in [0.15, 0.2) is 0 Å². The molecule has 22 heavy (non-hydrogen) atoms. The van der Waals surface area contributed by atoms with Crippen molar-refractivity contribution in [1.82, 2.24) is 9.97 Å². The Morgan fingerprint density at radius 1 is 1.18 bits per heavy atom. The van der Waals surface area contributed by atoms with E-state index in [1.807, 2.05) is 12.1 Å². The van der Waals surface area contributed by atoms with Gasteiger partial charge in [-0.25, -0.2) is 4.79 Å². The summed E-state index contributed by atoms with van der Waals surface area (Å²) in [5, 5.41) is 26.5. The average molecular weight is 295 g/mol. The van der Waals surface area contributed by atoms with Crippen molar-refractivity contribution in [3.05, 3.63) is 64.9 Å². The summed E-state index contributed by atoms with van der Waals surface area (Å²) in [7, 11) is 0. The van der Waals surface area contributed by atoms with Crippen LogP contribution >= 0.6 is 0 Å². The van der Waals surface area contributed by atoms with Gasteiger partial charge in [-0.2, -0.15) is 5.26 Å². The number of rotatable bonds is 5. The number of aryl methyl sites for hydroxylation is 2. The number of pyridine rings is 2. The quantitative estimate of drug-likeness (QED) is 0.646. The number of aromatic nitrogens is 2. The topological polar surface area (TPSA) is 107 Å². The molecule has 2 aromatic heterocycles. The normalized spacial score (nSPS) is 11.0. The van der Waals surface area contributed by atoms with Crippen LogP contribution in [-0.4, -0.2) is 26.2 Å². The number of hydrogen-bond donors (Lipinski definition) is 2. The second-order valence-electron chi connectivity index (χ2n) is 4.62. The summed E-state index contributed by atoms with van der Waals surface area (Å²) < 4.78 is 0. The van der Waals surface area contributed by atoms with Crippen LogP contribution in [0.5, 0.6) is 0 Å². The summed E-state index contributed by atoms with van der Waals surface area (Å²) >= 11 is 0. The van der Waals surface area contributed by atoms with E-state index in [2.05, 4.69) is 9.97 Å². The molecule has 2 N–H and O–H groups in total. The van der Waals surface area contributed by atoms with Crippen molar-refractivity contribution in [2.24, 2.45) is 0 Å². The molecule has 0 aliphatic carbocycles. The molecular formula is C16H13N3O3. The fraction of sp³-hybridized carbons (Fsp3) is 0.125. The van der Waals surface area contributed by atoms with E-state index < -0.39 is 11.7 Å². The lowest BCUT2D eigenvalue weighted by molar-refractivity contribution is -0.135. The predicted octanol–water partition coefficient (Wildman–Crippen LogP) is 2.12. The summed E-state index contributed by atoms with van der Waals surface area (Å²) in [6.45, 7) is 0. The summed E-state index contributed by atoms with van der Waals surface area (Å²) in [4.78, 5) is 18.6. The van der Waals surface area contributed by atoms with Gasteiger partial charge in [0, 0.05) is 24.7 Å².